The molecule has 0 radical (unpaired) electrons. The van der Waals surface area contributed by atoms with Crippen LogP contribution in [0.15, 0.2) is 61.2 Å². The lowest BCUT2D eigenvalue weighted by molar-refractivity contribution is 0.0952. The second-order valence-corrected chi connectivity index (χ2v) is 8.07. The predicted octanol–water partition coefficient (Wildman–Crippen LogP) is 3.94. The predicted molar refractivity (Wildman–Crippen MR) is 124 cm³/mol. The molecular formula is C25H24N6O. The Morgan fingerprint density at radius 2 is 1.97 bits per heavy atom. The Balaban J connectivity index is 1.30. The number of nitrogens with zero attached hydrogens (tertiary/aromatic N) is 4. The number of pyridine rings is 2. The van der Waals surface area contributed by atoms with Gasteiger partial charge in [0, 0.05) is 47.7 Å². The topological polar surface area (TPSA) is 92.7 Å². The molecule has 0 aliphatic heterocycles. The number of fused-ring (bicyclic) bond motifs is 1. The van der Waals surface area contributed by atoms with Crippen molar-refractivity contribution in [2.75, 3.05) is 11.9 Å². The number of benzene rings is 1. The Morgan fingerprint density at radius 1 is 1.06 bits per heavy atom. The zero-order valence-electron chi connectivity index (χ0n) is 17.9. The maximum atomic E-state index is 12.6. The monoisotopic (exact) mass is 424 g/mol. The van der Waals surface area contributed by atoms with E-state index in [-0.39, 0.29) is 5.91 Å². The maximum Gasteiger partial charge on any atom is 0.252 e. The van der Waals surface area contributed by atoms with E-state index in [1.165, 1.54) is 0 Å². The third-order valence-electron chi connectivity index (χ3n) is 5.59. The van der Waals surface area contributed by atoms with Gasteiger partial charge >= 0.3 is 0 Å². The average Bonchev–Trinajstić information content (AvgIpc) is 3.63. The Hall–Kier alpha value is -3.87. The molecule has 1 fully saturated rings. The lowest BCUT2D eigenvalue weighted by Gasteiger charge is -2.11. The van der Waals surface area contributed by atoms with E-state index in [2.05, 4.69) is 36.6 Å². The second-order valence-electron chi connectivity index (χ2n) is 8.07. The van der Waals surface area contributed by atoms with E-state index in [4.69, 9.17) is 0 Å². The van der Waals surface area contributed by atoms with Gasteiger partial charge in [-0.15, -0.1) is 0 Å². The fourth-order valence-corrected chi connectivity index (χ4v) is 3.68. The van der Waals surface area contributed by atoms with Crippen LogP contribution in [0.3, 0.4) is 0 Å². The molecule has 3 heterocycles. The van der Waals surface area contributed by atoms with E-state index in [0.717, 1.165) is 58.5 Å². The number of anilines is 1. The summed E-state index contributed by atoms with van der Waals surface area (Å²) in [6.07, 6.45) is 7.98. The summed E-state index contributed by atoms with van der Waals surface area (Å²) in [5.41, 5.74) is 5.39. The molecule has 0 atom stereocenters. The number of para-hydroxylation sites is 1. The molecule has 1 aliphatic carbocycles. The van der Waals surface area contributed by atoms with Gasteiger partial charge < -0.3 is 10.6 Å². The molecule has 0 saturated heterocycles. The van der Waals surface area contributed by atoms with Crippen LogP contribution < -0.4 is 10.6 Å². The molecule has 2 N–H and O–H groups in total. The standard InChI is InChI=1S/C25H24N6O/c1-16-5-6-18(14-28-16)22-13-23(30-15-29-22)26-11-9-17-3-2-4-20-21(10-12-27-24(17)20)25(32)31-19-7-8-19/h2-6,10,12-15,19H,7-9,11H2,1H3,(H,31,32)(H,26,29,30). The van der Waals surface area contributed by atoms with E-state index in [1.54, 1.807) is 18.6 Å². The lowest BCUT2D eigenvalue weighted by Crippen LogP contribution is -2.25. The summed E-state index contributed by atoms with van der Waals surface area (Å²) >= 11 is 0. The Bertz CT molecular complexity index is 1270. The smallest absolute Gasteiger partial charge is 0.252 e. The number of amides is 1. The third kappa shape index (κ3) is 4.42. The highest BCUT2D eigenvalue weighted by molar-refractivity contribution is 6.06. The number of aromatic nitrogens is 4. The molecule has 7 nitrogen and oxygen atoms in total. The van der Waals surface area contributed by atoms with E-state index in [1.807, 2.05) is 43.5 Å². The molecule has 0 unspecified atom stereocenters. The molecule has 5 rings (SSSR count). The number of carbonyl (C=O) groups excluding carboxylic acids is 1. The van der Waals surface area contributed by atoms with Crippen LogP contribution in [0.1, 0.15) is 34.5 Å². The molecule has 1 aromatic carbocycles. The highest BCUT2D eigenvalue weighted by Crippen LogP contribution is 2.24. The second kappa shape index (κ2) is 8.70. The number of aryl methyl sites for hydroxylation is 1. The number of hydrogen-bond acceptors (Lipinski definition) is 6. The van der Waals surface area contributed by atoms with Gasteiger partial charge in [0.05, 0.1) is 16.8 Å². The molecule has 0 bridgehead atoms. The molecule has 7 heteroatoms. The van der Waals surface area contributed by atoms with Gasteiger partial charge in [-0.2, -0.15) is 0 Å². The quantitative estimate of drug-likeness (QED) is 0.467. The fourth-order valence-electron chi connectivity index (χ4n) is 3.68. The van der Waals surface area contributed by atoms with Crippen molar-refractivity contribution in [2.24, 2.45) is 0 Å². The van der Waals surface area contributed by atoms with Gasteiger partial charge in [0.2, 0.25) is 0 Å². The normalized spacial score (nSPS) is 13.2. The van der Waals surface area contributed by atoms with E-state index in [9.17, 15) is 4.79 Å². The van der Waals surface area contributed by atoms with Crippen molar-refractivity contribution in [3.63, 3.8) is 0 Å². The minimum Gasteiger partial charge on any atom is -0.370 e. The Labute approximate surface area is 186 Å². The number of hydrogen-bond donors (Lipinski definition) is 2. The first-order valence-electron chi connectivity index (χ1n) is 10.8. The highest BCUT2D eigenvalue weighted by Gasteiger charge is 2.24. The summed E-state index contributed by atoms with van der Waals surface area (Å²) in [5.74, 6) is 0.738. The molecular weight excluding hydrogens is 400 g/mol. The summed E-state index contributed by atoms with van der Waals surface area (Å²) in [6, 6.07) is 14.0. The van der Waals surface area contributed by atoms with Crippen molar-refractivity contribution in [1.29, 1.82) is 0 Å². The molecule has 1 aliphatic rings. The van der Waals surface area contributed by atoms with Crippen LogP contribution in [-0.4, -0.2) is 38.4 Å². The van der Waals surface area contributed by atoms with Crippen LogP contribution in [-0.2, 0) is 6.42 Å². The molecule has 3 aromatic heterocycles. The first-order chi connectivity index (χ1) is 15.7. The summed E-state index contributed by atoms with van der Waals surface area (Å²) < 4.78 is 0. The molecule has 160 valence electrons. The van der Waals surface area contributed by atoms with Crippen molar-refractivity contribution >= 4 is 22.6 Å². The number of carbonyl (C=O) groups is 1. The van der Waals surface area contributed by atoms with Crippen LogP contribution in [0.2, 0.25) is 0 Å². The largest absolute Gasteiger partial charge is 0.370 e. The summed E-state index contributed by atoms with van der Waals surface area (Å²) in [5, 5.41) is 7.33. The summed E-state index contributed by atoms with van der Waals surface area (Å²) in [6.45, 7) is 2.64. The zero-order chi connectivity index (χ0) is 21.9. The van der Waals surface area contributed by atoms with Gasteiger partial charge in [-0.05, 0) is 49.9 Å². The maximum absolute atomic E-state index is 12.6. The molecule has 32 heavy (non-hydrogen) atoms. The third-order valence-corrected chi connectivity index (χ3v) is 5.59. The van der Waals surface area contributed by atoms with Crippen LogP contribution >= 0.6 is 0 Å². The molecule has 1 saturated carbocycles. The van der Waals surface area contributed by atoms with Gasteiger partial charge in [-0.1, -0.05) is 18.2 Å². The molecule has 0 spiro atoms. The molecule has 4 aromatic rings. The Kier molecular flexibility index (Phi) is 5.46. The van der Waals surface area contributed by atoms with Gasteiger partial charge in [0.1, 0.15) is 12.1 Å². The van der Waals surface area contributed by atoms with Crippen LogP contribution in [0.4, 0.5) is 5.82 Å². The first kappa shape index (κ1) is 20.1. The van der Waals surface area contributed by atoms with Gasteiger partial charge in [-0.3, -0.25) is 14.8 Å². The number of nitrogens with one attached hydrogen (secondary N) is 2. The van der Waals surface area contributed by atoms with Gasteiger partial charge in [-0.25, -0.2) is 9.97 Å². The van der Waals surface area contributed by atoms with Gasteiger partial charge in [0.15, 0.2) is 0 Å². The van der Waals surface area contributed by atoms with Crippen LogP contribution in [0.5, 0.6) is 0 Å². The zero-order valence-corrected chi connectivity index (χ0v) is 17.9. The highest BCUT2D eigenvalue weighted by atomic mass is 16.1. The minimum absolute atomic E-state index is 0.0192. The van der Waals surface area contributed by atoms with Crippen molar-refractivity contribution in [3.05, 3.63) is 78.0 Å². The van der Waals surface area contributed by atoms with Gasteiger partial charge in [0.25, 0.3) is 5.91 Å². The van der Waals surface area contributed by atoms with Crippen molar-refractivity contribution in [3.8, 4) is 11.3 Å². The summed E-state index contributed by atoms with van der Waals surface area (Å²) in [4.78, 5) is 30.2. The first-order valence-corrected chi connectivity index (χ1v) is 10.8. The van der Waals surface area contributed by atoms with E-state index in [0.29, 0.717) is 18.2 Å². The average molecular weight is 425 g/mol. The fraction of sp³-hybridized carbons (Fsp3) is 0.240. The summed E-state index contributed by atoms with van der Waals surface area (Å²) in [7, 11) is 0. The SMILES string of the molecule is Cc1ccc(-c2cc(NCCc3cccc4c(C(=O)NC5CC5)ccnc34)ncn2)cn1. The van der Waals surface area contributed by atoms with Crippen molar-refractivity contribution in [1.82, 2.24) is 25.3 Å². The Morgan fingerprint density at radius 3 is 2.78 bits per heavy atom. The lowest BCUT2D eigenvalue weighted by atomic mass is 10.0. The van der Waals surface area contributed by atoms with Crippen LogP contribution in [0.25, 0.3) is 22.2 Å². The van der Waals surface area contributed by atoms with Crippen LogP contribution in [0, 0.1) is 6.92 Å². The van der Waals surface area contributed by atoms with E-state index >= 15 is 0 Å². The number of rotatable bonds is 7. The van der Waals surface area contributed by atoms with Crippen molar-refractivity contribution < 1.29 is 4.79 Å². The van der Waals surface area contributed by atoms with E-state index < -0.39 is 0 Å². The molecule has 1 amide bonds. The minimum atomic E-state index is -0.0192. The van der Waals surface area contributed by atoms with Crippen molar-refractivity contribution in [2.45, 2.75) is 32.2 Å².